The number of nitrogens with one attached hydrogen (secondary N) is 1. The average molecular weight is 364 g/mol. The van der Waals surface area contributed by atoms with Crippen molar-refractivity contribution in [3.63, 3.8) is 0 Å². The van der Waals surface area contributed by atoms with E-state index in [0.717, 1.165) is 42.6 Å². The lowest BCUT2D eigenvalue weighted by atomic mass is 10.2. The minimum Gasteiger partial charge on any atom is -0.462 e. The van der Waals surface area contributed by atoms with Gasteiger partial charge in [-0.2, -0.15) is 0 Å². The number of hydrogen-bond donors (Lipinski definition) is 1. The Kier molecular flexibility index (Phi) is 8.43. The molecule has 1 atom stereocenters. The molecule has 0 radical (unpaired) electrons. The van der Waals surface area contributed by atoms with Crippen LogP contribution in [-0.4, -0.2) is 35.6 Å². The van der Waals surface area contributed by atoms with Crippen molar-refractivity contribution in [2.75, 3.05) is 19.6 Å². The predicted octanol–water partition coefficient (Wildman–Crippen LogP) is 3.82. The minimum absolute atomic E-state index is 0. The summed E-state index contributed by atoms with van der Waals surface area (Å²) in [4.78, 5) is 7.27. The van der Waals surface area contributed by atoms with Gasteiger partial charge in [0.15, 0.2) is 10.8 Å². The van der Waals surface area contributed by atoms with Crippen molar-refractivity contribution in [1.82, 2.24) is 15.2 Å². The number of hydrogen-bond acceptors (Lipinski definition) is 5. The molecule has 1 aliphatic heterocycles. The van der Waals surface area contributed by atoms with Crippen molar-refractivity contribution in [2.45, 2.75) is 32.4 Å². The van der Waals surface area contributed by atoms with Gasteiger partial charge in [-0.3, -0.25) is 4.90 Å². The summed E-state index contributed by atoms with van der Waals surface area (Å²) in [6.45, 7) is 6.57. The predicted molar refractivity (Wildman–Crippen MR) is 96.3 cm³/mol. The van der Waals surface area contributed by atoms with Crippen molar-refractivity contribution in [1.29, 1.82) is 0 Å². The van der Waals surface area contributed by atoms with E-state index < -0.39 is 0 Å². The second-order valence-electron chi connectivity index (χ2n) is 5.24. The Morgan fingerprint density at radius 2 is 2.32 bits per heavy atom. The minimum atomic E-state index is 0. The fraction of sp³-hybridized carbons (Fsp3) is 0.533. The van der Waals surface area contributed by atoms with Gasteiger partial charge in [0.25, 0.3) is 0 Å². The number of aromatic nitrogens is 1. The first-order chi connectivity index (χ1) is 9.86. The Labute approximate surface area is 148 Å². The lowest BCUT2D eigenvalue weighted by Gasteiger charge is -2.27. The van der Waals surface area contributed by atoms with Crippen LogP contribution in [0.2, 0.25) is 0 Å². The zero-order valence-corrected chi connectivity index (χ0v) is 15.1. The third-order valence-corrected chi connectivity index (χ3v) is 4.62. The van der Waals surface area contributed by atoms with Crippen LogP contribution in [0.1, 0.15) is 25.5 Å². The van der Waals surface area contributed by atoms with Crippen molar-refractivity contribution < 1.29 is 4.42 Å². The van der Waals surface area contributed by atoms with E-state index in [1.165, 1.54) is 12.8 Å². The van der Waals surface area contributed by atoms with Crippen molar-refractivity contribution in [3.05, 3.63) is 29.5 Å². The highest BCUT2D eigenvalue weighted by Crippen LogP contribution is 2.25. The van der Waals surface area contributed by atoms with E-state index in [4.69, 9.17) is 9.40 Å². The van der Waals surface area contributed by atoms with E-state index in [0.29, 0.717) is 6.04 Å². The second kappa shape index (κ2) is 9.53. The maximum atomic E-state index is 5.41. The fourth-order valence-electron chi connectivity index (χ4n) is 2.73. The first-order valence-electron chi connectivity index (χ1n) is 7.30. The lowest BCUT2D eigenvalue weighted by molar-refractivity contribution is 0.197. The van der Waals surface area contributed by atoms with Crippen LogP contribution in [0.4, 0.5) is 0 Å². The number of furan rings is 1. The van der Waals surface area contributed by atoms with E-state index in [-0.39, 0.29) is 24.8 Å². The average Bonchev–Trinajstić information content (AvgIpc) is 3.20. The SMILES string of the molecule is CCCN(Cc1csc(-c2ccco2)n1)C1CCNC1.Cl.Cl. The molecule has 1 N–H and O–H groups in total. The first kappa shape index (κ1) is 19.5. The van der Waals surface area contributed by atoms with Crippen molar-refractivity contribution in [3.8, 4) is 10.8 Å². The molecule has 0 spiro atoms. The third kappa shape index (κ3) is 4.70. The van der Waals surface area contributed by atoms with Gasteiger partial charge in [-0.15, -0.1) is 36.2 Å². The van der Waals surface area contributed by atoms with Gasteiger partial charge in [-0.1, -0.05) is 6.92 Å². The Morgan fingerprint density at radius 3 is 2.95 bits per heavy atom. The molecule has 1 fully saturated rings. The molecule has 0 aromatic carbocycles. The van der Waals surface area contributed by atoms with Gasteiger partial charge in [-0.05, 0) is 38.1 Å². The molecular weight excluding hydrogens is 341 g/mol. The topological polar surface area (TPSA) is 41.3 Å². The summed E-state index contributed by atoms with van der Waals surface area (Å²) in [5.41, 5.74) is 1.15. The number of rotatable bonds is 6. The van der Waals surface area contributed by atoms with E-state index in [2.05, 4.69) is 22.5 Å². The van der Waals surface area contributed by atoms with Crippen LogP contribution < -0.4 is 5.32 Å². The van der Waals surface area contributed by atoms with Gasteiger partial charge in [0.1, 0.15) is 0 Å². The largest absolute Gasteiger partial charge is 0.462 e. The zero-order chi connectivity index (χ0) is 13.8. The van der Waals surface area contributed by atoms with E-state index >= 15 is 0 Å². The van der Waals surface area contributed by atoms with Crippen LogP contribution in [0.3, 0.4) is 0 Å². The summed E-state index contributed by atoms with van der Waals surface area (Å²) in [5.74, 6) is 0.867. The highest BCUT2D eigenvalue weighted by atomic mass is 35.5. The Balaban J connectivity index is 0.00000121. The van der Waals surface area contributed by atoms with Crippen molar-refractivity contribution >= 4 is 36.2 Å². The van der Waals surface area contributed by atoms with Gasteiger partial charge in [0.2, 0.25) is 0 Å². The van der Waals surface area contributed by atoms with Crippen LogP contribution in [0.15, 0.2) is 28.2 Å². The highest BCUT2D eigenvalue weighted by Gasteiger charge is 2.22. The van der Waals surface area contributed by atoms with E-state index in [1.807, 2.05) is 12.1 Å². The van der Waals surface area contributed by atoms with Gasteiger partial charge >= 0.3 is 0 Å². The van der Waals surface area contributed by atoms with Gasteiger partial charge < -0.3 is 9.73 Å². The second-order valence-corrected chi connectivity index (χ2v) is 6.10. The Hall–Kier alpha value is -0.590. The molecular formula is C15H23Cl2N3OS. The maximum Gasteiger partial charge on any atom is 0.162 e. The zero-order valence-electron chi connectivity index (χ0n) is 12.7. The van der Waals surface area contributed by atoms with E-state index in [1.54, 1.807) is 17.6 Å². The molecule has 7 heteroatoms. The molecule has 2 aromatic heterocycles. The summed E-state index contributed by atoms with van der Waals surface area (Å²) in [6.07, 6.45) is 4.13. The van der Waals surface area contributed by atoms with Gasteiger partial charge in [0, 0.05) is 24.5 Å². The molecule has 2 aromatic rings. The molecule has 3 heterocycles. The number of nitrogens with zero attached hydrogens (tertiary/aromatic N) is 2. The van der Waals surface area contributed by atoms with Crippen LogP contribution in [0.25, 0.3) is 10.8 Å². The summed E-state index contributed by atoms with van der Waals surface area (Å²) >= 11 is 1.66. The molecule has 1 aliphatic rings. The van der Waals surface area contributed by atoms with Crippen LogP contribution in [0, 0.1) is 0 Å². The Bertz CT molecular complexity index is 527. The lowest BCUT2D eigenvalue weighted by Crippen LogP contribution is -2.37. The molecule has 1 unspecified atom stereocenters. The first-order valence-corrected chi connectivity index (χ1v) is 8.18. The highest BCUT2D eigenvalue weighted by molar-refractivity contribution is 7.13. The van der Waals surface area contributed by atoms with E-state index in [9.17, 15) is 0 Å². The third-order valence-electron chi connectivity index (χ3n) is 3.71. The molecule has 1 saturated heterocycles. The van der Waals surface area contributed by atoms with Crippen LogP contribution in [-0.2, 0) is 6.54 Å². The normalized spacial score (nSPS) is 17.3. The molecule has 0 amide bonds. The molecule has 0 saturated carbocycles. The van der Waals surface area contributed by atoms with Crippen LogP contribution in [0.5, 0.6) is 0 Å². The molecule has 0 bridgehead atoms. The van der Waals surface area contributed by atoms with Gasteiger partial charge in [-0.25, -0.2) is 4.98 Å². The quantitative estimate of drug-likeness (QED) is 0.846. The maximum absolute atomic E-state index is 5.41. The number of halogens is 2. The summed E-state index contributed by atoms with van der Waals surface area (Å²) in [7, 11) is 0. The smallest absolute Gasteiger partial charge is 0.162 e. The summed E-state index contributed by atoms with van der Waals surface area (Å²) in [6, 6.07) is 4.53. The molecule has 3 rings (SSSR count). The van der Waals surface area contributed by atoms with Gasteiger partial charge in [0.05, 0.1) is 12.0 Å². The molecule has 22 heavy (non-hydrogen) atoms. The molecule has 0 aliphatic carbocycles. The Morgan fingerprint density at radius 1 is 1.45 bits per heavy atom. The standard InChI is InChI=1S/C15H21N3OS.2ClH/c1-2-7-18(13-5-6-16-9-13)10-12-11-20-15(17-12)14-4-3-8-19-14;;/h3-4,8,11,13,16H,2,5-7,9-10H2,1H3;2*1H. The number of thiazole rings is 1. The van der Waals surface area contributed by atoms with Crippen molar-refractivity contribution in [2.24, 2.45) is 0 Å². The monoisotopic (exact) mass is 363 g/mol. The fourth-order valence-corrected chi connectivity index (χ4v) is 3.51. The molecule has 4 nitrogen and oxygen atoms in total. The summed E-state index contributed by atoms with van der Waals surface area (Å²) < 4.78 is 5.41. The van der Waals surface area contributed by atoms with Crippen LogP contribution >= 0.6 is 36.2 Å². The summed E-state index contributed by atoms with van der Waals surface area (Å²) in [5, 5.41) is 6.58. The molecule has 124 valence electrons.